The van der Waals surface area contributed by atoms with Crippen LogP contribution in [0.25, 0.3) is 0 Å². The van der Waals surface area contributed by atoms with Crippen LogP contribution in [-0.2, 0) is 16.0 Å². The van der Waals surface area contributed by atoms with Gasteiger partial charge in [0.2, 0.25) is 11.8 Å². The predicted octanol–water partition coefficient (Wildman–Crippen LogP) is 3.77. The molecule has 2 amide bonds. The lowest BCUT2D eigenvalue weighted by atomic mass is 10.1. The zero-order valence-electron chi connectivity index (χ0n) is 15.0. The Labute approximate surface area is 158 Å². The Morgan fingerprint density at radius 2 is 1.77 bits per heavy atom. The number of hydrogen-bond acceptors (Lipinski definition) is 3. The molecule has 138 valence electrons. The van der Waals surface area contributed by atoms with Gasteiger partial charge in [0.05, 0.1) is 17.8 Å². The Morgan fingerprint density at radius 3 is 2.46 bits per heavy atom. The number of ether oxygens (including phenoxy) is 1. The van der Waals surface area contributed by atoms with E-state index in [2.05, 4.69) is 5.32 Å². The molecule has 5 nitrogen and oxygen atoms in total. The molecule has 6 heteroatoms. The number of nitrogens with one attached hydrogen (secondary N) is 1. The van der Waals surface area contributed by atoms with Crippen LogP contribution in [0.3, 0.4) is 0 Å². The summed E-state index contributed by atoms with van der Waals surface area (Å²) in [6.45, 7) is 2.38. The second kappa shape index (κ2) is 9.82. The predicted molar refractivity (Wildman–Crippen MR) is 104 cm³/mol. The molecule has 0 saturated heterocycles. The lowest BCUT2D eigenvalue weighted by molar-refractivity contribution is -0.129. The Kier molecular flexibility index (Phi) is 7.48. The third kappa shape index (κ3) is 5.77. The number of para-hydroxylation sites is 2. The molecular weight excluding hydrogens is 352 g/mol. The molecule has 0 aliphatic carbocycles. The fourth-order valence-electron chi connectivity index (χ4n) is 2.60. The number of benzene rings is 2. The molecule has 0 spiro atoms. The summed E-state index contributed by atoms with van der Waals surface area (Å²) in [5.74, 6) is 0.555. The van der Waals surface area contributed by atoms with Crippen molar-refractivity contribution < 1.29 is 14.3 Å². The molecule has 26 heavy (non-hydrogen) atoms. The lowest BCUT2D eigenvalue weighted by Crippen LogP contribution is -2.33. The molecule has 0 radical (unpaired) electrons. The molecule has 0 fully saturated rings. The molecule has 2 rings (SSSR count). The van der Waals surface area contributed by atoms with Crippen molar-refractivity contribution in [3.05, 3.63) is 59.1 Å². The normalized spacial score (nSPS) is 10.3. The minimum atomic E-state index is -0.179. The Hall–Kier alpha value is -2.53. The van der Waals surface area contributed by atoms with Gasteiger partial charge in [0.25, 0.3) is 0 Å². The van der Waals surface area contributed by atoms with Crippen molar-refractivity contribution >= 4 is 29.1 Å². The van der Waals surface area contributed by atoms with Gasteiger partial charge in [-0.2, -0.15) is 0 Å². The molecule has 0 saturated carbocycles. The van der Waals surface area contributed by atoms with E-state index in [1.807, 2.05) is 24.3 Å². The van der Waals surface area contributed by atoms with Gasteiger partial charge in [0, 0.05) is 26.4 Å². The summed E-state index contributed by atoms with van der Waals surface area (Å²) in [4.78, 5) is 25.7. The first-order valence-corrected chi connectivity index (χ1v) is 8.81. The van der Waals surface area contributed by atoms with E-state index < -0.39 is 0 Å². The third-order valence-corrected chi connectivity index (χ3v) is 4.38. The van der Waals surface area contributed by atoms with Crippen LogP contribution in [-0.4, -0.2) is 36.9 Å². The van der Waals surface area contributed by atoms with Crippen LogP contribution >= 0.6 is 11.6 Å². The number of carbonyl (C=O) groups is 2. The summed E-state index contributed by atoms with van der Waals surface area (Å²) in [7, 11) is 1.63. The number of amides is 2. The number of rotatable bonds is 8. The monoisotopic (exact) mass is 374 g/mol. The molecule has 0 aromatic heterocycles. The Morgan fingerprint density at radius 1 is 1.08 bits per heavy atom. The number of anilines is 1. The third-order valence-electron chi connectivity index (χ3n) is 4.05. The standard InChI is InChI=1S/C20H23ClN2O3/c1-15(24)23(13-11-16-7-3-6-10-19(16)26-2)14-12-20(25)22-18-9-5-4-8-17(18)21/h3-10H,11-14H2,1-2H3,(H,22,25). The van der Waals surface area contributed by atoms with Gasteiger partial charge in [-0.05, 0) is 30.2 Å². The Bertz CT molecular complexity index is 764. The summed E-state index contributed by atoms with van der Waals surface area (Å²) < 4.78 is 5.33. The fourth-order valence-corrected chi connectivity index (χ4v) is 2.79. The van der Waals surface area contributed by atoms with Gasteiger partial charge in [0.1, 0.15) is 5.75 Å². The summed E-state index contributed by atoms with van der Waals surface area (Å²) >= 11 is 6.04. The van der Waals surface area contributed by atoms with Gasteiger partial charge in [0.15, 0.2) is 0 Å². The maximum Gasteiger partial charge on any atom is 0.226 e. The minimum Gasteiger partial charge on any atom is -0.496 e. The first-order valence-electron chi connectivity index (χ1n) is 8.43. The highest BCUT2D eigenvalue weighted by molar-refractivity contribution is 6.33. The maximum absolute atomic E-state index is 12.1. The first kappa shape index (κ1) is 19.8. The molecule has 0 atom stereocenters. The average molecular weight is 375 g/mol. The van der Waals surface area contributed by atoms with Crippen molar-refractivity contribution in [3.8, 4) is 5.75 Å². The summed E-state index contributed by atoms with van der Waals surface area (Å²) in [5, 5.41) is 3.25. The van der Waals surface area contributed by atoms with Crippen LogP contribution in [0.5, 0.6) is 5.75 Å². The SMILES string of the molecule is COc1ccccc1CCN(CCC(=O)Nc1ccccc1Cl)C(C)=O. The highest BCUT2D eigenvalue weighted by Crippen LogP contribution is 2.21. The highest BCUT2D eigenvalue weighted by atomic mass is 35.5. The van der Waals surface area contributed by atoms with Crippen LogP contribution < -0.4 is 10.1 Å². The van der Waals surface area contributed by atoms with Crippen molar-refractivity contribution in [1.82, 2.24) is 4.90 Å². The number of methoxy groups -OCH3 is 1. The van der Waals surface area contributed by atoms with Crippen LogP contribution in [0.1, 0.15) is 18.9 Å². The lowest BCUT2D eigenvalue weighted by Gasteiger charge is -2.21. The van der Waals surface area contributed by atoms with Gasteiger partial charge < -0.3 is 15.0 Å². The quantitative estimate of drug-likeness (QED) is 0.765. The second-order valence-corrected chi connectivity index (χ2v) is 6.25. The topological polar surface area (TPSA) is 58.6 Å². The van der Waals surface area contributed by atoms with E-state index in [1.165, 1.54) is 6.92 Å². The van der Waals surface area contributed by atoms with Gasteiger partial charge in [-0.1, -0.05) is 41.9 Å². The second-order valence-electron chi connectivity index (χ2n) is 5.85. The summed E-state index contributed by atoms with van der Waals surface area (Å²) in [6, 6.07) is 14.8. The fraction of sp³-hybridized carbons (Fsp3) is 0.300. The molecule has 2 aromatic rings. The van der Waals surface area contributed by atoms with Crippen molar-refractivity contribution in [2.24, 2.45) is 0 Å². The van der Waals surface area contributed by atoms with E-state index in [1.54, 1.807) is 36.3 Å². The van der Waals surface area contributed by atoms with Crippen LogP contribution in [0.15, 0.2) is 48.5 Å². The maximum atomic E-state index is 12.1. The van der Waals surface area contributed by atoms with E-state index in [0.717, 1.165) is 11.3 Å². The van der Waals surface area contributed by atoms with Crippen LogP contribution in [0.4, 0.5) is 5.69 Å². The Balaban J connectivity index is 1.89. The average Bonchev–Trinajstić information content (AvgIpc) is 2.63. The molecule has 0 aliphatic rings. The van der Waals surface area contributed by atoms with Crippen molar-refractivity contribution in [2.45, 2.75) is 19.8 Å². The zero-order chi connectivity index (χ0) is 18.9. The molecule has 0 aliphatic heterocycles. The summed E-state index contributed by atoms with van der Waals surface area (Å²) in [5.41, 5.74) is 1.60. The van der Waals surface area contributed by atoms with E-state index in [-0.39, 0.29) is 18.2 Å². The van der Waals surface area contributed by atoms with E-state index in [4.69, 9.17) is 16.3 Å². The number of hydrogen-bond donors (Lipinski definition) is 1. The van der Waals surface area contributed by atoms with E-state index in [0.29, 0.717) is 30.2 Å². The van der Waals surface area contributed by atoms with Gasteiger partial charge in [-0.3, -0.25) is 9.59 Å². The van der Waals surface area contributed by atoms with Crippen LogP contribution in [0.2, 0.25) is 5.02 Å². The molecule has 0 heterocycles. The van der Waals surface area contributed by atoms with E-state index in [9.17, 15) is 9.59 Å². The molecule has 2 aromatic carbocycles. The van der Waals surface area contributed by atoms with Crippen molar-refractivity contribution in [3.63, 3.8) is 0 Å². The number of carbonyl (C=O) groups excluding carboxylic acids is 2. The minimum absolute atomic E-state index is 0.0644. The van der Waals surface area contributed by atoms with Gasteiger partial charge in [-0.15, -0.1) is 0 Å². The van der Waals surface area contributed by atoms with E-state index >= 15 is 0 Å². The molecule has 0 bridgehead atoms. The highest BCUT2D eigenvalue weighted by Gasteiger charge is 2.13. The zero-order valence-corrected chi connectivity index (χ0v) is 15.8. The summed E-state index contributed by atoms with van der Waals surface area (Å²) in [6.07, 6.45) is 0.868. The van der Waals surface area contributed by atoms with Crippen molar-refractivity contribution in [2.75, 3.05) is 25.5 Å². The molecule has 1 N–H and O–H groups in total. The van der Waals surface area contributed by atoms with Gasteiger partial charge in [-0.25, -0.2) is 0 Å². The van der Waals surface area contributed by atoms with Crippen LogP contribution in [0, 0.1) is 0 Å². The molecule has 0 unspecified atom stereocenters. The van der Waals surface area contributed by atoms with Gasteiger partial charge >= 0.3 is 0 Å². The first-order chi connectivity index (χ1) is 12.5. The number of halogens is 1. The molecular formula is C20H23ClN2O3. The largest absolute Gasteiger partial charge is 0.496 e. The van der Waals surface area contributed by atoms with Crippen molar-refractivity contribution in [1.29, 1.82) is 0 Å². The number of nitrogens with zero attached hydrogens (tertiary/aromatic N) is 1. The smallest absolute Gasteiger partial charge is 0.226 e.